The number of halogens is 1. The molecule has 1 aliphatic rings. The van der Waals surface area contributed by atoms with Gasteiger partial charge in [0.25, 0.3) is 0 Å². The quantitative estimate of drug-likeness (QED) is 0.387. The van der Waals surface area contributed by atoms with E-state index < -0.39 is 0 Å². The minimum absolute atomic E-state index is 0.186. The van der Waals surface area contributed by atoms with Crippen LogP contribution in [0.1, 0.15) is 43.5 Å². The van der Waals surface area contributed by atoms with E-state index in [9.17, 15) is 9.60 Å². The van der Waals surface area contributed by atoms with Gasteiger partial charge in [-0.25, -0.2) is 9.37 Å². The number of likely N-dealkylation sites (tertiary alicyclic amines) is 1. The summed E-state index contributed by atoms with van der Waals surface area (Å²) in [6, 6.07) is 10.5. The largest absolute Gasteiger partial charge is 0.472 e. The summed E-state index contributed by atoms with van der Waals surface area (Å²) >= 11 is 0. The number of benzene rings is 1. The maximum atomic E-state index is 13.4. The summed E-state index contributed by atoms with van der Waals surface area (Å²) in [5.74, 6) is 0.540. The van der Waals surface area contributed by atoms with Gasteiger partial charge in [0.2, 0.25) is 5.88 Å². The van der Waals surface area contributed by atoms with Gasteiger partial charge in [-0.05, 0) is 63.4 Å². The molecule has 0 aliphatic carbocycles. The summed E-state index contributed by atoms with van der Waals surface area (Å²) in [4.78, 5) is 6.56. The van der Waals surface area contributed by atoms with Crippen molar-refractivity contribution in [3.05, 3.63) is 59.0 Å². The molecule has 1 N–H and O–H groups in total. The maximum Gasteiger partial charge on any atom is 0.225 e. The molecular formula is C20H24FN3O2. The molecule has 0 bridgehead atoms. The van der Waals surface area contributed by atoms with E-state index >= 15 is 0 Å². The Hall–Kier alpha value is -2.63. The molecule has 138 valence electrons. The Kier molecular flexibility index (Phi) is 5.40. The number of aryl methyl sites for hydroxylation is 1. The lowest BCUT2D eigenvalue weighted by molar-refractivity contribution is 0.274. The van der Waals surface area contributed by atoms with Crippen molar-refractivity contribution in [2.75, 3.05) is 0 Å². The second kappa shape index (κ2) is 7.72. The van der Waals surface area contributed by atoms with E-state index in [1.807, 2.05) is 19.1 Å². The van der Waals surface area contributed by atoms with Crippen LogP contribution in [0.4, 0.5) is 4.39 Å². The van der Waals surface area contributed by atoms with Crippen LogP contribution < -0.4 is 4.74 Å². The van der Waals surface area contributed by atoms with Gasteiger partial charge in [0.15, 0.2) is 5.84 Å². The number of amidine groups is 1. The number of nitrogens with zero attached hydrogens (tertiary/aromatic N) is 3. The van der Waals surface area contributed by atoms with Crippen LogP contribution in [0.2, 0.25) is 0 Å². The highest BCUT2D eigenvalue weighted by Gasteiger charge is 2.32. The van der Waals surface area contributed by atoms with Gasteiger partial charge in [-0.15, -0.1) is 0 Å². The molecule has 1 aromatic heterocycles. The van der Waals surface area contributed by atoms with Crippen molar-refractivity contribution in [2.24, 2.45) is 5.16 Å². The lowest BCUT2D eigenvalue weighted by Gasteiger charge is -2.29. The maximum absolute atomic E-state index is 13.4. The molecule has 26 heavy (non-hydrogen) atoms. The molecule has 0 spiro atoms. The minimum atomic E-state index is -0.305. The highest BCUT2D eigenvalue weighted by atomic mass is 19.1. The average Bonchev–Trinajstić information content (AvgIpc) is 2.94. The molecule has 0 amide bonds. The van der Waals surface area contributed by atoms with Crippen molar-refractivity contribution < 1.29 is 14.3 Å². The molecule has 1 fully saturated rings. The SMILES string of the molecule is Cc1ccc(/C(=N/O)N2C(C)CCC2C)c(OCc2cccc(F)c2)n1. The van der Waals surface area contributed by atoms with Crippen molar-refractivity contribution >= 4 is 5.84 Å². The van der Waals surface area contributed by atoms with Crippen molar-refractivity contribution in [3.8, 4) is 5.88 Å². The van der Waals surface area contributed by atoms with E-state index in [4.69, 9.17) is 4.74 Å². The zero-order chi connectivity index (χ0) is 18.7. The van der Waals surface area contributed by atoms with Gasteiger partial charge in [0, 0.05) is 17.8 Å². The second-order valence-corrected chi connectivity index (χ2v) is 6.83. The molecule has 1 saturated heterocycles. The fourth-order valence-corrected chi connectivity index (χ4v) is 3.45. The number of pyridine rings is 1. The fourth-order valence-electron chi connectivity index (χ4n) is 3.45. The highest BCUT2D eigenvalue weighted by molar-refractivity contribution is 6.00. The summed E-state index contributed by atoms with van der Waals surface area (Å²) in [5.41, 5.74) is 2.14. The number of hydrogen-bond donors (Lipinski definition) is 1. The molecule has 0 saturated carbocycles. The van der Waals surface area contributed by atoms with Crippen molar-refractivity contribution in [1.29, 1.82) is 0 Å². The van der Waals surface area contributed by atoms with Crippen LogP contribution >= 0.6 is 0 Å². The number of ether oxygens (including phenoxy) is 1. The van der Waals surface area contributed by atoms with E-state index in [-0.39, 0.29) is 24.5 Å². The monoisotopic (exact) mass is 357 g/mol. The second-order valence-electron chi connectivity index (χ2n) is 6.83. The van der Waals surface area contributed by atoms with Crippen molar-refractivity contribution in [2.45, 2.75) is 52.3 Å². The van der Waals surface area contributed by atoms with Gasteiger partial charge in [0.05, 0.1) is 5.56 Å². The Morgan fingerprint density at radius 3 is 2.65 bits per heavy atom. The number of oxime groups is 1. The minimum Gasteiger partial charge on any atom is -0.472 e. The van der Waals surface area contributed by atoms with Gasteiger partial charge in [-0.3, -0.25) is 0 Å². The zero-order valence-corrected chi connectivity index (χ0v) is 15.3. The summed E-state index contributed by atoms with van der Waals surface area (Å²) in [5, 5.41) is 13.3. The Morgan fingerprint density at radius 2 is 2.00 bits per heavy atom. The van der Waals surface area contributed by atoms with Crippen LogP contribution in [0.25, 0.3) is 0 Å². The first kappa shape index (κ1) is 18.2. The third-order valence-electron chi connectivity index (χ3n) is 4.80. The van der Waals surface area contributed by atoms with Crippen LogP contribution in [0.15, 0.2) is 41.6 Å². The number of hydrogen-bond acceptors (Lipinski definition) is 4. The van der Waals surface area contributed by atoms with Crippen LogP contribution in [0.5, 0.6) is 5.88 Å². The molecular weight excluding hydrogens is 333 g/mol. The van der Waals surface area contributed by atoms with Gasteiger partial charge in [-0.2, -0.15) is 0 Å². The summed E-state index contributed by atoms with van der Waals surface area (Å²) in [7, 11) is 0. The van der Waals surface area contributed by atoms with E-state index in [1.54, 1.807) is 12.1 Å². The molecule has 2 unspecified atom stereocenters. The van der Waals surface area contributed by atoms with E-state index in [0.717, 1.165) is 18.5 Å². The molecule has 2 heterocycles. The Bertz CT molecular complexity index is 799. The fraction of sp³-hybridized carbons (Fsp3) is 0.400. The molecule has 6 heteroatoms. The molecule has 2 atom stereocenters. The van der Waals surface area contributed by atoms with Crippen molar-refractivity contribution in [1.82, 2.24) is 9.88 Å². The van der Waals surface area contributed by atoms with Crippen LogP contribution in [-0.2, 0) is 6.61 Å². The highest BCUT2D eigenvalue weighted by Crippen LogP contribution is 2.29. The number of aromatic nitrogens is 1. The van der Waals surface area contributed by atoms with Crippen LogP contribution in [0.3, 0.4) is 0 Å². The normalized spacial score (nSPS) is 20.5. The number of rotatable bonds is 4. The molecule has 1 aliphatic heterocycles. The molecule has 1 aromatic carbocycles. The van der Waals surface area contributed by atoms with Crippen LogP contribution in [-0.4, -0.2) is 33.0 Å². The zero-order valence-electron chi connectivity index (χ0n) is 15.3. The Morgan fingerprint density at radius 1 is 1.27 bits per heavy atom. The Balaban J connectivity index is 1.90. The average molecular weight is 357 g/mol. The first-order valence-electron chi connectivity index (χ1n) is 8.85. The predicted molar refractivity (Wildman–Crippen MR) is 98.0 cm³/mol. The van der Waals surface area contributed by atoms with E-state index in [0.29, 0.717) is 22.8 Å². The van der Waals surface area contributed by atoms with Gasteiger partial charge in [-0.1, -0.05) is 17.3 Å². The first-order valence-corrected chi connectivity index (χ1v) is 8.85. The summed E-state index contributed by atoms with van der Waals surface area (Å²) < 4.78 is 19.3. The van der Waals surface area contributed by atoms with Gasteiger partial charge < -0.3 is 14.8 Å². The van der Waals surface area contributed by atoms with Crippen molar-refractivity contribution in [3.63, 3.8) is 0 Å². The third-order valence-corrected chi connectivity index (χ3v) is 4.80. The smallest absolute Gasteiger partial charge is 0.225 e. The molecule has 3 rings (SSSR count). The molecule has 0 radical (unpaired) electrons. The van der Waals surface area contributed by atoms with Gasteiger partial charge in [0.1, 0.15) is 12.4 Å². The molecule has 5 nitrogen and oxygen atoms in total. The molecule has 2 aromatic rings. The summed E-state index contributed by atoms with van der Waals surface area (Å²) in [6.45, 7) is 6.29. The first-order chi connectivity index (χ1) is 12.5. The van der Waals surface area contributed by atoms with Gasteiger partial charge >= 0.3 is 0 Å². The van der Waals surface area contributed by atoms with E-state index in [1.165, 1.54) is 12.1 Å². The lowest BCUT2D eigenvalue weighted by atomic mass is 10.1. The lowest BCUT2D eigenvalue weighted by Crippen LogP contribution is -2.39. The third kappa shape index (κ3) is 3.79. The van der Waals surface area contributed by atoms with Crippen LogP contribution in [0, 0.1) is 12.7 Å². The standard InChI is InChI=1S/C20H24FN3O2/c1-13-7-10-18(19(23-25)24-14(2)8-9-15(24)3)20(22-13)26-12-16-5-4-6-17(21)11-16/h4-7,10-11,14-15,25H,8-9,12H2,1-3H3/b23-19-. The Labute approximate surface area is 153 Å². The predicted octanol–water partition coefficient (Wildman–Crippen LogP) is 4.12. The topological polar surface area (TPSA) is 58.0 Å². The van der Waals surface area contributed by atoms with E-state index in [2.05, 4.69) is 28.9 Å². The summed E-state index contributed by atoms with van der Waals surface area (Å²) in [6.07, 6.45) is 2.08.